The van der Waals surface area contributed by atoms with E-state index in [2.05, 4.69) is 4.90 Å². The molecule has 0 aromatic rings. The van der Waals surface area contributed by atoms with E-state index in [9.17, 15) is 4.79 Å². The number of hydrogen-bond donors (Lipinski definition) is 1. The summed E-state index contributed by atoms with van der Waals surface area (Å²) in [6.07, 6.45) is 1.81. The van der Waals surface area contributed by atoms with Crippen LogP contribution in [0.1, 0.15) is 12.8 Å². The first-order valence-electron chi connectivity index (χ1n) is 6.91. The van der Waals surface area contributed by atoms with Gasteiger partial charge in [0.1, 0.15) is 0 Å². The minimum absolute atomic E-state index is 0.180. The van der Waals surface area contributed by atoms with Crippen LogP contribution in [0.5, 0.6) is 0 Å². The summed E-state index contributed by atoms with van der Waals surface area (Å²) < 4.78 is 10.1. The Bertz CT molecular complexity index is 248. The van der Waals surface area contributed by atoms with E-state index >= 15 is 0 Å². The van der Waals surface area contributed by atoms with Crippen LogP contribution < -0.4 is 5.73 Å². The second-order valence-corrected chi connectivity index (χ2v) is 4.98. The van der Waals surface area contributed by atoms with Crippen LogP contribution in [-0.4, -0.2) is 81.9 Å². The van der Waals surface area contributed by atoms with Crippen molar-refractivity contribution in [1.29, 1.82) is 0 Å². The van der Waals surface area contributed by atoms with Crippen molar-refractivity contribution in [3.05, 3.63) is 0 Å². The molecule has 1 amide bonds. The van der Waals surface area contributed by atoms with Crippen molar-refractivity contribution in [1.82, 2.24) is 9.80 Å². The molecular formula is C13H27N3O3. The fourth-order valence-electron chi connectivity index (χ4n) is 2.15. The van der Waals surface area contributed by atoms with E-state index in [0.29, 0.717) is 19.8 Å². The zero-order valence-corrected chi connectivity index (χ0v) is 12.1. The van der Waals surface area contributed by atoms with Crippen molar-refractivity contribution in [2.24, 2.45) is 5.73 Å². The van der Waals surface area contributed by atoms with E-state index in [1.165, 1.54) is 0 Å². The third-order valence-corrected chi connectivity index (χ3v) is 3.47. The molecule has 2 N–H and O–H groups in total. The van der Waals surface area contributed by atoms with E-state index in [0.717, 1.165) is 39.0 Å². The Morgan fingerprint density at radius 3 is 2.21 bits per heavy atom. The topological polar surface area (TPSA) is 68.0 Å². The molecule has 1 saturated heterocycles. The molecule has 0 saturated carbocycles. The number of carbonyl (C=O) groups is 1. The Morgan fingerprint density at radius 1 is 1.21 bits per heavy atom. The first kappa shape index (κ1) is 16.4. The lowest BCUT2D eigenvalue weighted by atomic mass is 10.1. The number of rotatable bonds is 8. The number of carbonyl (C=O) groups excluding carboxylic acids is 1. The van der Waals surface area contributed by atoms with Crippen LogP contribution in [0.25, 0.3) is 0 Å². The number of likely N-dealkylation sites (tertiary alicyclic amines) is 1. The third-order valence-electron chi connectivity index (χ3n) is 3.47. The minimum Gasteiger partial charge on any atom is -0.383 e. The first-order chi connectivity index (χ1) is 9.17. The van der Waals surface area contributed by atoms with Gasteiger partial charge in [0.2, 0.25) is 5.91 Å². The predicted molar refractivity (Wildman–Crippen MR) is 74.0 cm³/mol. The van der Waals surface area contributed by atoms with Gasteiger partial charge in [-0.1, -0.05) is 0 Å². The van der Waals surface area contributed by atoms with E-state index in [-0.39, 0.29) is 11.9 Å². The largest absolute Gasteiger partial charge is 0.383 e. The lowest BCUT2D eigenvalue weighted by molar-refractivity contribution is -0.133. The lowest BCUT2D eigenvalue weighted by Crippen LogP contribution is -2.47. The molecule has 19 heavy (non-hydrogen) atoms. The summed E-state index contributed by atoms with van der Waals surface area (Å²) in [6, 6.07) is 0.252. The van der Waals surface area contributed by atoms with Crippen LogP contribution in [0, 0.1) is 0 Å². The average molecular weight is 273 g/mol. The number of methoxy groups -OCH3 is 2. The fourth-order valence-corrected chi connectivity index (χ4v) is 2.15. The highest BCUT2D eigenvalue weighted by molar-refractivity contribution is 5.78. The highest BCUT2D eigenvalue weighted by atomic mass is 16.5. The maximum absolute atomic E-state index is 12.2. The van der Waals surface area contributed by atoms with Crippen molar-refractivity contribution in [3.8, 4) is 0 Å². The van der Waals surface area contributed by atoms with Crippen LogP contribution in [0.2, 0.25) is 0 Å². The highest BCUT2D eigenvalue weighted by Crippen LogP contribution is 2.08. The molecule has 0 unspecified atom stereocenters. The predicted octanol–water partition coefficient (Wildman–Crippen LogP) is -0.469. The molecule has 1 aliphatic rings. The molecule has 0 spiro atoms. The van der Waals surface area contributed by atoms with Gasteiger partial charge in [0.25, 0.3) is 0 Å². The quantitative estimate of drug-likeness (QED) is 0.647. The normalized spacial score (nSPS) is 17.2. The second-order valence-electron chi connectivity index (χ2n) is 4.98. The molecule has 0 aliphatic carbocycles. The van der Waals surface area contributed by atoms with Gasteiger partial charge in [-0.05, 0) is 12.8 Å². The first-order valence-corrected chi connectivity index (χ1v) is 6.91. The summed E-state index contributed by atoms with van der Waals surface area (Å²) in [5.74, 6) is 0.180. The molecule has 0 atom stereocenters. The van der Waals surface area contributed by atoms with Gasteiger partial charge in [-0.25, -0.2) is 0 Å². The van der Waals surface area contributed by atoms with Crippen molar-refractivity contribution < 1.29 is 14.3 Å². The Balaban J connectivity index is 2.36. The van der Waals surface area contributed by atoms with Gasteiger partial charge in [-0.3, -0.25) is 9.69 Å². The van der Waals surface area contributed by atoms with Crippen LogP contribution in [0.4, 0.5) is 0 Å². The maximum atomic E-state index is 12.2. The molecule has 1 heterocycles. The average Bonchev–Trinajstić information content (AvgIpc) is 2.42. The molecule has 0 aromatic heterocycles. The smallest absolute Gasteiger partial charge is 0.236 e. The SMILES string of the molecule is COCCN(CCOC)CC(=O)N1CCC(N)CC1. The number of nitrogens with zero attached hydrogens (tertiary/aromatic N) is 2. The van der Waals surface area contributed by atoms with Gasteiger partial charge in [0.05, 0.1) is 19.8 Å². The van der Waals surface area contributed by atoms with E-state index in [1.807, 2.05) is 4.90 Å². The summed E-state index contributed by atoms with van der Waals surface area (Å²) in [4.78, 5) is 16.2. The standard InChI is InChI=1S/C13H27N3O3/c1-18-9-7-15(8-10-19-2)11-13(17)16-5-3-12(14)4-6-16/h12H,3-11,14H2,1-2H3. The Kier molecular flexibility index (Phi) is 7.97. The number of hydrogen-bond acceptors (Lipinski definition) is 5. The third kappa shape index (κ3) is 6.33. The highest BCUT2D eigenvalue weighted by Gasteiger charge is 2.22. The van der Waals surface area contributed by atoms with Crippen molar-refractivity contribution in [2.45, 2.75) is 18.9 Å². The molecule has 6 nitrogen and oxygen atoms in total. The van der Waals surface area contributed by atoms with Gasteiger partial charge in [-0.15, -0.1) is 0 Å². The summed E-state index contributed by atoms with van der Waals surface area (Å²) in [5.41, 5.74) is 5.85. The van der Waals surface area contributed by atoms with Crippen LogP contribution >= 0.6 is 0 Å². The number of piperidine rings is 1. The molecule has 1 fully saturated rings. The summed E-state index contributed by atoms with van der Waals surface area (Å²) in [7, 11) is 3.34. The lowest BCUT2D eigenvalue weighted by Gasteiger charge is -2.32. The van der Waals surface area contributed by atoms with Crippen LogP contribution in [0.3, 0.4) is 0 Å². The molecule has 0 radical (unpaired) electrons. The van der Waals surface area contributed by atoms with Crippen molar-refractivity contribution in [2.75, 3.05) is 60.2 Å². The van der Waals surface area contributed by atoms with Gasteiger partial charge in [0, 0.05) is 46.4 Å². The van der Waals surface area contributed by atoms with Crippen molar-refractivity contribution >= 4 is 5.91 Å². The van der Waals surface area contributed by atoms with E-state index < -0.39 is 0 Å². The van der Waals surface area contributed by atoms with Crippen LogP contribution in [-0.2, 0) is 14.3 Å². The zero-order valence-electron chi connectivity index (χ0n) is 12.1. The van der Waals surface area contributed by atoms with Gasteiger partial charge < -0.3 is 20.1 Å². The number of nitrogens with two attached hydrogens (primary N) is 1. The van der Waals surface area contributed by atoms with Crippen LogP contribution in [0.15, 0.2) is 0 Å². The maximum Gasteiger partial charge on any atom is 0.236 e. The van der Waals surface area contributed by atoms with Crippen molar-refractivity contribution in [3.63, 3.8) is 0 Å². The molecule has 112 valence electrons. The fraction of sp³-hybridized carbons (Fsp3) is 0.923. The van der Waals surface area contributed by atoms with Gasteiger partial charge >= 0.3 is 0 Å². The molecular weight excluding hydrogens is 246 g/mol. The van der Waals surface area contributed by atoms with Gasteiger partial charge in [0.15, 0.2) is 0 Å². The Labute approximate surface area is 115 Å². The number of ether oxygens (including phenoxy) is 2. The summed E-state index contributed by atoms with van der Waals surface area (Å²) in [6.45, 7) is 4.74. The second kappa shape index (κ2) is 9.25. The summed E-state index contributed by atoms with van der Waals surface area (Å²) in [5, 5.41) is 0. The molecule has 1 aliphatic heterocycles. The minimum atomic E-state index is 0.180. The molecule has 1 rings (SSSR count). The Hall–Kier alpha value is -0.690. The Morgan fingerprint density at radius 2 is 1.74 bits per heavy atom. The molecule has 6 heteroatoms. The van der Waals surface area contributed by atoms with E-state index in [1.54, 1.807) is 14.2 Å². The molecule has 0 bridgehead atoms. The summed E-state index contributed by atoms with van der Waals surface area (Å²) >= 11 is 0. The molecule has 0 aromatic carbocycles. The zero-order chi connectivity index (χ0) is 14.1. The number of amides is 1. The van der Waals surface area contributed by atoms with Gasteiger partial charge in [-0.2, -0.15) is 0 Å². The van der Waals surface area contributed by atoms with E-state index in [4.69, 9.17) is 15.2 Å². The monoisotopic (exact) mass is 273 g/mol.